The highest BCUT2D eigenvalue weighted by molar-refractivity contribution is 6.32. The van der Waals surface area contributed by atoms with Gasteiger partial charge in [-0.3, -0.25) is 9.78 Å². The van der Waals surface area contributed by atoms with Crippen molar-refractivity contribution in [1.82, 2.24) is 4.98 Å². The molecule has 2 rings (SSSR count). The quantitative estimate of drug-likeness (QED) is 0.885. The third-order valence-corrected chi connectivity index (χ3v) is 2.78. The zero-order chi connectivity index (χ0) is 15.2. The molecule has 7 heteroatoms. The summed E-state index contributed by atoms with van der Waals surface area (Å²) >= 11 is 5.89. The second kappa shape index (κ2) is 6.71. The van der Waals surface area contributed by atoms with Crippen LogP contribution in [0.2, 0.25) is 5.02 Å². The predicted molar refractivity (Wildman–Crippen MR) is 76.8 cm³/mol. The van der Waals surface area contributed by atoms with Crippen molar-refractivity contribution >= 4 is 29.2 Å². The Morgan fingerprint density at radius 2 is 2.05 bits per heavy atom. The highest BCUT2D eigenvalue weighted by atomic mass is 35.5. The smallest absolute Gasteiger partial charge is 0.337 e. The molecule has 0 fully saturated rings. The number of hydrogen-bond donors (Lipinski definition) is 2. The summed E-state index contributed by atoms with van der Waals surface area (Å²) in [5, 5.41) is 11.7. The summed E-state index contributed by atoms with van der Waals surface area (Å²) in [4.78, 5) is 26.3. The Labute approximate surface area is 125 Å². The molecule has 21 heavy (non-hydrogen) atoms. The molecule has 1 aromatic carbocycles. The van der Waals surface area contributed by atoms with E-state index in [-0.39, 0.29) is 17.9 Å². The summed E-state index contributed by atoms with van der Waals surface area (Å²) in [6.07, 6.45) is 2.54. The first-order valence-electron chi connectivity index (χ1n) is 5.92. The number of hydrogen-bond acceptors (Lipinski definition) is 4. The number of halogens is 1. The molecule has 0 aliphatic rings. The van der Waals surface area contributed by atoms with Crippen molar-refractivity contribution < 1.29 is 19.4 Å². The molecule has 6 nitrogen and oxygen atoms in total. The lowest BCUT2D eigenvalue weighted by Gasteiger charge is -2.08. The van der Waals surface area contributed by atoms with Gasteiger partial charge in [-0.15, -0.1) is 0 Å². The third kappa shape index (κ3) is 4.19. The number of anilines is 1. The molecule has 0 bridgehead atoms. The van der Waals surface area contributed by atoms with Gasteiger partial charge in [0.25, 0.3) is 5.91 Å². The van der Waals surface area contributed by atoms with Crippen LogP contribution in [0, 0.1) is 0 Å². The summed E-state index contributed by atoms with van der Waals surface area (Å²) in [5.74, 6) is -1.17. The molecular formula is C14H11ClN2O4. The molecule has 0 spiro atoms. The van der Waals surface area contributed by atoms with E-state index < -0.39 is 11.9 Å². The first kappa shape index (κ1) is 14.8. The molecule has 1 aromatic heterocycles. The van der Waals surface area contributed by atoms with Gasteiger partial charge in [-0.2, -0.15) is 0 Å². The highest BCUT2D eigenvalue weighted by Gasteiger charge is 2.08. The van der Waals surface area contributed by atoms with Crippen LogP contribution in [0.3, 0.4) is 0 Å². The lowest BCUT2D eigenvalue weighted by atomic mass is 10.2. The minimum atomic E-state index is -1.12. The summed E-state index contributed by atoms with van der Waals surface area (Å²) in [6, 6.07) is 8.08. The third-order valence-electron chi connectivity index (χ3n) is 2.46. The lowest BCUT2D eigenvalue weighted by molar-refractivity contribution is -0.118. The monoisotopic (exact) mass is 306 g/mol. The molecule has 0 saturated heterocycles. The fourth-order valence-corrected chi connectivity index (χ4v) is 1.72. The average Bonchev–Trinajstić information content (AvgIpc) is 2.46. The van der Waals surface area contributed by atoms with E-state index in [1.54, 1.807) is 24.3 Å². The molecule has 0 unspecified atom stereocenters. The molecule has 0 saturated carbocycles. The number of benzene rings is 1. The molecule has 0 aliphatic heterocycles. The van der Waals surface area contributed by atoms with E-state index in [9.17, 15) is 9.59 Å². The van der Waals surface area contributed by atoms with Crippen molar-refractivity contribution in [3.63, 3.8) is 0 Å². The number of rotatable bonds is 5. The number of carbonyl (C=O) groups is 2. The van der Waals surface area contributed by atoms with Gasteiger partial charge < -0.3 is 15.2 Å². The van der Waals surface area contributed by atoms with Crippen LogP contribution in [-0.4, -0.2) is 28.6 Å². The maximum absolute atomic E-state index is 11.7. The molecular weight excluding hydrogens is 296 g/mol. The standard InChI is InChI=1S/C14H11ClN2O4/c15-11-3-1-2-4-12(11)21-8-13(18)17-10-5-9(14(19)20)6-16-7-10/h1-7H,8H2,(H,17,18)(H,19,20). The number of aromatic nitrogens is 1. The second-order valence-corrected chi connectivity index (χ2v) is 4.44. The topological polar surface area (TPSA) is 88.5 Å². The lowest BCUT2D eigenvalue weighted by Crippen LogP contribution is -2.20. The van der Waals surface area contributed by atoms with Gasteiger partial charge in [0.15, 0.2) is 6.61 Å². The van der Waals surface area contributed by atoms with Crippen LogP contribution in [0.1, 0.15) is 10.4 Å². The zero-order valence-corrected chi connectivity index (χ0v) is 11.5. The number of carboxylic acids is 1. The molecule has 1 heterocycles. The predicted octanol–water partition coefficient (Wildman–Crippen LogP) is 2.45. The van der Waals surface area contributed by atoms with Crippen LogP contribution in [-0.2, 0) is 4.79 Å². The maximum Gasteiger partial charge on any atom is 0.337 e. The fourth-order valence-electron chi connectivity index (χ4n) is 1.53. The zero-order valence-electron chi connectivity index (χ0n) is 10.7. The Kier molecular flexibility index (Phi) is 4.73. The van der Waals surface area contributed by atoms with Crippen LogP contribution in [0.25, 0.3) is 0 Å². The Hall–Kier alpha value is -2.60. The molecule has 108 valence electrons. The van der Waals surface area contributed by atoms with Crippen molar-refractivity contribution in [1.29, 1.82) is 0 Å². The van der Waals surface area contributed by atoms with Gasteiger partial charge in [-0.05, 0) is 18.2 Å². The van der Waals surface area contributed by atoms with Gasteiger partial charge in [0.1, 0.15) is 5.75 Å². The number of ether oxygens (including phenoxy) is 1. The number of carboxylic acid groups (broad SMARTS) is 1. The largest absolute Gasteiger partial charge is 0.482 e. The molecule has 2 aromatic rings. The van der Waals surface area contributed by atoms with E-state index in [1.807, 2.05) is 0 Å². The van der Waals surface area contributed by atoms with Gasteiger partial charge in [0.05, 0.1) is 22.5 Å². The van der Waals surface area contributed by atoms with Gasteiger partial charge in [0.2, 0.25) is 0 Å². The van der Waals surface area contributed by atoms with Crippen molar-refractivity contribution in [3.05, 3.63) is 53.3 Å². The first-order valence-corrected chi connectivity index (χ1v) is 6.29. The number of nitrogens with zero attached hydrogens (tertiary/aromatic N) is 1. The number of para-hydroxylation sites is 1. The van der Waals surface area contributed by atoms with Crippen LogP contribution < -0.4 is 10.1 Å². The Bertz CT molecular complexity index is 676. The van der Waals surface area contributed by atoms with Crippen molar-refractivity contribution in [3.8, 4) is 5.75 Å². The Morgan fingerprint density at radius 1 is 1.29 bits per heavy atom. The fraction of sp³-hybridized carbons (Fsp3) is 0.0714. The number of nitrogens with one attached hydrogen (secondary N) is 1. The van der Waals surface area contributed by atoms with Crippen molar-refractivity contribution in [2.45, 2.75) is 0 Å². The Morgan fingerprint density at radius 3 is 2.76 bits per heavy atom. The minimum absolute atomic E-state index is 0.0141. The Balaban J connectivity index is 1.95. The number of carbonyl (C=O) groups excluding carboxylic acids is 1. The van der Waals surface area contributed by atoms with E-state index in [1.165, 1.54) is 18.5 Å². The number of pyridine rings is 1. The van der Waals surface area contributed by atoms with Gasteiger partial charge in [-0.1, -0.05) is 23.7 Å². The molecule has 1 amide bonds. The van der Waals surface area contributed by atoms with E-state index >= 15 is 0 Å². The van der Waals surface area contributed by atoms with Crippen LogP contribution >= 0.6 is 11.6 Å². The van der Waals surface area contributed by atoms with Crippen molar-refractivity contribution in [2.24, 2.45) is 0 Å². The SMILES string of the molecule is O=C(COc1ccccc1Cl)Nc1cncc(C(=O)O)c1. The second-order valence-electron chi connectivity index (χ2n) is 4.03. The van der Waals surface area contributed by atoms with E-state index in [2.05, 4.69) is 10.3 Å². The van der Waals surface area contributed by atoms with E-state index in [4.69, 9.17) is 21.4 Å². The van der Waals surface area contributed by atoms with E-state index in [0.29, 0.717) is 10.8 Å². The van der Waals surface area contributed by atoms with Crippen LogP contribution in [0.15, 0.2) is 42.7 Å². The minimum Gasteiger partial charge on any atom is -0.482 e. The van der Waals surface area contributed by atoms with Crippen molar-refractivity contribution in [2.75, 3.05) is 11.9 Å². The van der Waals surface area contributed by atoms with Gasteiger partial charge in [0, 0.05) is 6.20 Å². The first-order chi connectivity index (χ1) is 10.1. The van der Waals surface area contributed by atoms with Crippen LogP contribution in [0.4, 0.5) is 5.69 Å². The molecule has 2 N–H and O–H groups in total. The number of aromatic carboxylic acids is 1. The van der Waals surface area contributed by atoms with Gasteiger partial charge in [-0.25, -0.2) is 4.79 Å². The van der Waals surface area contributed by atoms with E-state index in [0.717, 1.165) is 0 Å². The maximum atomic E-state index is 11.7. The summed E-state index contributed by atoms with van der Waals surface area (Å²) in [6.45, 7) is -0.249. The summed E-state index contributed by atoms with van der Waals surface area (Å²) in [7, 11) is 0. The molecule has 0 radical (unpaired) electrons. The van der Waals surface area contributed by atoms with Crippen LogP contribution in [0.5, 0.6) is 5.75 Å². The highest BCUT2D eigenvalue weighted by Crippen LogP contribution is 2.22. The summed E-state index contributed by atoms with van der Waals surface area (Å²) < 4.78 is 5.27. The summed E-state index contributed by atoms with van der Waals surface area (Å²) in [5.41, 5.74) is 0.266. The van der Waals surface area contributed by atoms with Gasteiger partial charge >= 0.3 is 5.97 Å². The average molecular weight is 307 g/mol. The molecule has 0 atom stereocenters. The molecule has 0 aliphatic carbocycles. The normalized spacial score (nSPS) is 9.95. The number of amides is 1.